The summed E-state index contributed by atoms with van der Waals surface area (Å²) in [6, 6.07) is 4.89. The summed E-state index contributed by atoms with van der Waals surface area (Å²) in [4.78, 5) is 16.8. The fourth-order valence-electron chi connectivity index (χ4n) is 2.70. The molecule has 0 aromatic heterocycles. The van der Waals surface area contributed by atoms with Crippen LogP contribution in [0.4, 0.5) is 0 Å². The van der Waals surface area contributed by atoms with E-state index in [0.29, 0.717) is 25.2 Å². The topological polar surface area (TPSA) is 69.8 Å². The quantitative estimate of drug-likeness (QED) is 0.878. The van der Waals surface area contributed by atoms with Gasteiger partial charge in [-0.25, -0.2) is 0 Å². The Morgan fingerprint density at radius 2 is 1.90 bits per heavy atom. The van der Waals surface area contributed by atoms with Crippen molar-refractivity contribution in [2.75, 3.05) is 32.7 Å². The van der Waals surface area contributed by atoms with Crippen molar-refractivity contribution in [3.8, 4) is 5.75 Å². The number of aryl methyl sites for hydroxylation is 1. The van der Waals surface area contributed by atoms with Crippen LogP contribution in [0.15, 0.2) is 18.2 Å². The molecule has 116 valence electrons. The third-order valence-electron chi connectivity index (χ3n) is 4.36. The number of phenolic OH excluding ortho intramolecular Hbond substituents is 1. The SMILES string of the molecule is Cc1cc(O)ccc1C(=O)N1CCN(C(C)(C)CN)CC1. The zero-order valence-electron chi connectivity index (χ0n) is 13.1. The molecule has 1 aliphatic rings. The molecular weight excluding hydrogens is 266 g/mol. The lowest BCUT2D eigenvalue weighted by Gasteiger charge is -2.43. The lowest BCUT2D eigenvalue weighted by molar-refractivity contribution is 0.0425. The number of benzene rings is 1. The second-order valence-electron chi connectivity index (χ2n) is 6.30. The van der Waals surface area contributed by atoms with Gasteiger partial charge in [0.25, 0.3) is 5.91 Å². The third kappa shape index (κ3) is 3.36. The van der Waals surface area contributed by atoms with Crippen LogP contribution in [0, 0.1) is 6.92 Å². The van der Waals surface area contributed by atoms with Gasteiger partial charge >= 0.3 is 0 Å². The molecule has 2 rings (SSSR count). The molecule has 1 amide bonds. The van der Waals surface area contributed by atoms with E-state index in [1.807, 2.05) is 11.8 Å². The molecule has 1 fully saturated rings. The maximum atomic E-state index is 12.6. The van der Waals surface area contributed by atoms with E-state index in [2.05, 4.69) is 18.7 Å². The summed E-state index contributed by atoms with van der Waals surface area (Å²) in [5, 5.41) is 9.44. The van der Waals surface area contributed by atoms with Gasteiger partial charge in [0.15, 0.2) is 0 Å². The lowest BCUT2D eigenvalue weighted by atomic mass is 10.0. The van der Waals surface area contributed by atoms with Crippen molar-refractivity contribution in [3.63, 3.8) is 0 Å². The molecule has 0 radical (unpaired) electrons. The minimum atomic E-state index is -0.0242. The van der Waals surface area contributed by atoms with E-state index in [1.54, 1.807) is 18.2 Å². The number of hydrogen-bond donors (Lipinski definition) is 2. The number of rotatable bonds is 3. The highest BCUT2D eigenvalue weighted by atomic mass is 16.3. The summed E-state index contributed by atoms with van der Waals surface area (Å²) in [6.07, 6.45) is 0. The zero-order valence-corrected chi connectivity index (χ0v) is 13.1. The predicted molar refractivity (Wildman–Crippen MR) is 83.5 cm³/mol. The molecule has 1 aromatic carbocycles. The highest BCUT2D eigenvalue weighted by molar-refractivity contribution is 5.95. The molecule has 1 aliphatic heterocycles. The monoisotopic (exact) mass is 291 g/mol. The van der Waals surface area contributed by atoms with Gasteiger partial charge in [0.2, 0.25) is 0 Å². The number of phenols is 1. The van der Waals surface area contributed by atoms with Crippen molar-refractivity contribution in [1.29, 1.82) is 0 Å². The van der Waals surface area contributed by atoms with Gasteiger partial charge in [-0.05, 0) is 44.5 Å². The summed E-state index contributed by atoms with van der Waals surface area (Å²) in [6.45, 7) is 9.83. The highest BCUT2D eigenvalue weighted by Crippen LogP contribution is 2.20. The van der Waals surface area contributed by atoms with Gasteiger partial charge in [0, 0.05) is 43.8 Å². The molecular formula is C16H25N3O2. The first kappa shape index (κ1) is 15.8. The maximum Gasteiger partial charge on any atom is 0.254 e. The Kier molecular flexibility index (Phi) is 4.54. The highest BCUT2D eigenvalue weighted by Gasteiger charge is 2.30. The Morgan fingerprint density at radius 3 is 2.43 bits per heavy atom. The molecule has 0 saturated carbocycles. The van der Waals surface area contributed by atoms with Crippen LogP contribution in [0.2, 0.25) is 0 Å². The number of carbonyl (C=O) groups is 1. The Morgan fingerprint density at radius 1 is 1.29 bits per heavy atom. The van der Waals surface area contributed by atoms with Gasteiger partial charge in [0.05, 0.1) is 0 Å². The van der Waals surface area contributed by atoms with E-state index >= 15 is 0 Å². The molecule has 3 N–H and O–H groups in total. The van der Waals surface area contributed by atoms with Gasteiger partial charge in [-0.15, -0.1) is 0 Å². The Bertz CT molecular complexity index is 520. The van der Waals surface area contributed by atoms with Crippen LogP contribution in [0.1, 0.15) is 29.8 Å². The molecule has 0 spiro atoms. The molecule has 1 saturated heterocycles. The van der Waals surface area contributed by atoms with Crippen LogP contribution in [0.25, 0.3) is 0 Å². The van der Waals surface area contributed by atoms with E-state index in [0.717, 1.165) is 18.7 Å². The summed E-state index contributed by atoms with van der Waals surface area (Å²) in [5.74, 6) is 0.233. The maximum absolute atomic E-state index is 12.6. The molecule has 0 atom stereocenters. The second kappa shape index (κ2) is 6.03. The van der Waals surface area contributed by atoms with Crippen molar-refractivity contribution < 1.29 is 9.90 Å². The summed E-state index contributed by atoms with van der Waals surface area (Å²) >= 11 is 0. The molecule has 0 bridgehead atoms. The number of piperazine rings is 1. The minimum Gasteiger partial charge on any atom is -0.508 e. The molecule has 21 heavy (non-hydrogen) atoms. The van der Waals surface area contributed by atoms with Crippen molar-refractivity contribution in [2.24, 2.45) is 5.73 Å². The fraction of sp³-hybridized carbons (Fsp3) is 0.562. The first-order valence-corrected chi connectivity index (χ1v) is 7.39. The number of carbonyl (C=O) groups excluding carboxylic acids is 1. The molecule has 5 nitrogen and oxygen atoms in total. The third-order valence-corrected chi connectivity index (χ3v) is 4.36. The first-order valence-electron chi connectivity index (χ1n) is 7.39. The molecule has 1 aromatic rings. The smallest absolute Gasteiger partial charge is 0.254 e. The zero-order chi connectivity index (χ0) is 15.6. The van der Waals surface area contributed by atoms with E-state index in [9.17, 15) is 9.90 Å². The van der Waals surface area contributed by atoms with Crippen molar-refractivity contribution >= 4 is 5.91 Å². The lowest BCUT2D eigenvalue weighted by Crippen LogP contribution is -2.58. The number of nitrogens with zero attached hydrogens (tertiary/aromatic N) is 2. The number of amides is 1. The number of nitrogens with two attached hydrogens (primary N) is 1. The second-order valence-corrected chi connectivity index (χ2v) is 6.30. The van der Waals surface area contributed by atoms with Gasteiger partial charge < -0.3 is 15.7 Å². The number of hydrogen-bond acceptors (Lipinski definition) is 4. The Balaban J connectivity index is 2.03. The van der Waals surface area contributed by atoms with Gasteiger partial charge in [0.1, 0.15) is 5.75 Å². The largest absolute Gasteiger partial charge is 0.508 e. The van der Waals surface area contributed by atoms with Crippen molar-refractivity contribution in [2.45, 2.75) is 26.3 Å². The minimum absolute atomic E-state index is 0.0242. The fourth-order valence-corrected chi connectivity index (χ4v) is 2.70. The van der Waals surface area contributed by atoms with Crippen LogP contribution >= 0.6 is 0 Å². The van der Waals surface area contributed by atoms with Crippen LogP contribution in [0.5, 0.6) is 5.75 Å². The molecule has 5 heteroatoms. The van der Waals surface area contributed by atoms with Crippen LogP contribution in [-0.4, -0.2) is 59.1 Å². The summed E-state index contributed by atoms with van der Waals surface area (Å²) in [5.41, 5.74) is 7.26. The van der Waals surface area contributed by atoms with Crippen LogP contribution < -0.4 is 5.73 Å². The summed E-state index contributed by atoms with van der Waals surface area (Å²) in [7, 11) is 0. The van der Waals surface area contributed by atoms with Crippen molar-refractivity contribution in [1.82, 2.24) is 9.80 Å². The average Bonchev–Trinajstić information content (AvgIpc) is 2.47. The number of aromatic hydroxyl groups is 1. The van der Waals surface area contributed by atoms with E-state index < -0.39 is 0 Å². The van der Waals surface area contributed by atoms with E-state index in [-0.39, 0.29) is 17.2 Å². The molecule has 0 aliphatic carbocycles. The van der Waals surface area contributed by atoms with Gasteiger partial charge in [-0.2, -0.15) is 0 Å². The van der Waals surface area contributed by atoms with Crippen LogP contribution in [0.3, 0.4) is 0 Å². The van der Waals surface area contributed by atoms with Crippen molar-refractivity contribution in [3.05, 3.63) is 29.3 Å². The summed E-state index contributed by atoms with van der Waals surface area (Å²) < 4.78 is 0. The molecule has 0 unspecified atom stereocenters. The van der Waals surface area contributed by atoms with Crippen LogP contribution in [-0.2, 0) is 0 Å². The Hall–Kier alpha value is -1.59. The van der Waals surface area contributed by atoms with Gasteiger partial charge in [-0.3, -0.25) is 9.69 Å². The first-order chi connectivity index (χ1) is 9.85. The van der Waals surface area contributed by atoms with E-state index in [4.69, 9.17) is 5.73 Å². The Labute approximate surface area is 126 Å². The normalized spacial score (nSPS) is 17.0. The standard InChI is InChI=1S/C16H25N3O2/c1-12-10-13(20)4-5-14(12)15(21)18-6-8-19(9-7-18)16(2,3)11-17/h4-5,10,20H,6-9,11,17H2,1-3H3. The predicted octanol–water partition coefficient (Wildman–Crippen LogP) is 1.20. The average molecular weight is 291 g/mol. The van der Waals surface area contributed by atoms with Gasteiger partial charge in [-0.1, -0.05) is 0 Å². The molecule has 1 heterocycles. The van der Waals surface area contributed by atoms with E-state index in [1.165, 1.54) is 0 Å².